The van der Waals surface area contributed by atoms with Crippen LogP contribution in [0, 0.1) is 0 Å². The molecule has 0 aromatic heterocycles. The van der Waals surface area contributed by atoms with E-state index in [2.05, 4.69) is 25.4 Å². The summed E-state index contributed by atoms with van der Waals surface area (Å²) in [7, 11) is -3.58. The maximum atomic E-state index is 11.7. The van der Waals surface area contributed by atoms with Gasteiger partial charge in [0.25, 0.3) is 0 Å². The van der Waals surface area contributed by atoms with E-state index in [1.54, 1.807) is 12.1 Å². The average Bonchev–Trinajstić information content (AvgIpc) is 2.25. The molecular formula is C9H11BrN2O4S. The van der Waals surface area contributed by atoms with Crippen LogP contribution in [0.1, 0.15) is 0 Å². The van der Waals surface area contributed by atoms with E-state index in [0.29, 0.717) is 0 Å². The lowest BCUT2D eigenvalue weighted by atomic mass is 10.4. The van der Waals surface area contributed by atoms with Crippen molar-refractivity contribution in [3.63, 3.8) is 0 Å². The molecule has 8 heteroatoms. The number of primary amides is 1. The number of halogens is 1. The average molecular weight is 323 g/mol. The largest absolute Gasteiger partial charge is 0.448 e. The van der Waals surface area contributed by atoms with Crippen LogP contribution in [-0.2, 0) is 14.8 Å². The number of rotatable bonds is 5. The molecule has 0 atom stereocenters. The summed E-state index contributed by atoms with van der Waals surface area (Å²) >= 11 is 3.21. The number of benzene rings is 1. The minimum absolute atomic E-state index is 0.0265. The van der Waals surface area contributed by atoms with Gasteiger partial charge in [-0.1, -0.05) is 15.9 Å². The molecule has 0 spiro atoms. The summed E-state index contributed by atoms with van der Waals surface area (Å²) in [6.45, 7) is -0.133. The summed E-state index contributed by atoms with van der Waals surface area (Å²) in [5.74, 6) is 0. The molecule has 0 heterocycles. The minimum atomic E-state index is -3.58. The van der Waals surface area contributed by atoms with Crippen LogP contribution >= 0.6 is 15.9 Å². The Morgan fingerprint density at radius 1 is 1.35 bits per heavy atom. The summed E-state index contributed by atoms with van der Waals surface area (Å²) in [4.78, 5) is 10.4. The molecule has 17 heavy (non-hydrogen) atoms. The van der Waals surface area contributed by atoms with Gasteiger partial charge in [0.1, 0.15) is 6.61 Å². The minimum Gasteiger partial charge on any atom is -0.448 e. The summed E-state index contributed by atoms with van der Waals surface area (Å²) in [5, 5.41) is 0. The number of nitrogens with two attached hydrogens (primary N) is 1. The van der Waals surface area contributed by atoms with Gasteiger partial charge in [-0.25, -0.2) is 17.9 Å². The van der Waals surface area contributed by atoms with Crippen LogP contribution in [0.3, 0.4) is 0 Å². The molecule has 1 amide bonds. The lowest BCUT2D eigenvalue weighted by molar-refractivity contribution is 0.159. The van der Waals surface area contributed by atoms with Crippen molar-refractivity contribution in [3.05, 3.63) is 28.7 Å². The van der Waals surface area contributed by atoms with E-state index in [4.69, 9.17) is 5.73 Å². The van der Waals surface area contributed by atoms with Gasteiger partial charge in [0.15, 0.2) is 0 Å². The first-order valence-corrected chi connectivity index (χ1v) is 6.87. The van der Waals surface area contributed by atoms with E-state index in [-0.39, 0.29) is 18.0 Å². The van der Waals surface area contributed by atoms with Crippen LogP contribution in [0.4, 0.5) is 4.79 Å². The molecule has 0 saturated heterocycles. The van der Waals surface area contributed by atoms with Gasteiger partial charge in [-0.05, 0) is 24.3 Å². The predicted molar refractivity (Wildman–Crippen MR) is 64.9 cm³/mol. The van der Waals surface area contributed by atoms with E-state index in [0.717, 1.165) is 4.47 Å². The zero-order valence-corrected chi connectivity index (χ0v) is 11.1. The van der Waals surface area contributed by atoms with E-state index >= 15 is 0 Å². The topological polar surface area (TPSA) is 98.5 Å². The Balaban J connectivity index is 2.57. The van der Waals surface area contributed by atoms with Crippen molar-refractivity contribution in [1.29, 1.82) is 0 Å². The maximum Gasteiger partial charge on any atom is 0.404 e. The number of ether oxygens (including phenoxy) is 1. The molecule has 1 rings (SSSR count). The van der Waals surface area contributed by atoms with Gasteiger partial charge in [0.05, 0.1) is 4.90 Å². The summed E-state index contributed by atoms with van der Waals surface area (Å²) in [6.07, 6.45) is -0.937. The normalized spacial score (nSPS) is 11.1. The molecule has 6 nitrogen and oxygen atoms in total. The lowest BCUT2D eigenvalue weighted by Crippen LogP contribution is -2.29. The predicted octanol–water partition coefficient (Wildman–Crippen LogP) is 0.823. The monoisotopic (exact) mass is 322 g/mol. The quantitative estimate of drug-likeness (QED) is 0.784. The SMILES string of the molecule is NC(=O)OCCNS(=O)(=O)c1ccc(Br)cc1. The second-order valence-corrected chi connectivity index (χ2v) is 5.70. The van der Waals surface area contributed by atoms with E-state index in [9.17, 15) is 13.2 Å². The molecule has 0 aliphatic rings. The van der Waals surface area contributed by atoms with Gasteiger partial charge in [-0.2, -0.15) is 0 Å². The van der Waals surface area contributed by atoms with Gasteiger partial charge in [0, 0.05) is 11.0 Å². The number of hydrogen-bond donors (Lipinski definition) is 2. The number of carbonyl (C=O) groups is 1. The van der Waals surface area contributed by atoms with Crippen LogP contribution in [0.5, 0.6) is 0 Å². The third kappa shape index (κ3) is 4.72. The maximum absolute atomic E-state index is 11.7. The fourth-order valence-corrected chi connectivity index (χ4v) is 2.30. The third-order valence-electron chi connectivity index (χ3n) is 1.76. The van der Waals surface area contributed by atoms with Crippen LogP contribution < -0.4 is 10.5 Å². The van der Waals surface area contributed by atoms with Crippen LogP contribution in [0.2, 0.25) is 0 Å². The van der Waals surface area contributed by atoms with Gasteiger partial charge in [-0.3, -0.25) is 0 Å². The van der Waals surface area contributed by atoms with Gasteiger partial charge >= 0.3 is 6.09 Å². The van der Waals surface area contributed by atoms with Crippen LogP contribution in [0.15, 0.2) is 33.6 Å². The zero-order chi connectivity index (χ0) is 12.9. The number of hydrogen-bond acceptors (Lipinski definition) is 4. The van der Waals surface area contributed by atoms with Crippen molar-refractivity contribution >= 4 is 32.0 Å². The lowest BCUT2D eigenvalue weighted by Gasteiger charge is -2.06. The highest BCUT2D eigenvalue weighted by atomic mass is 79.9. The highest BCUT2D eigenvalue weighted by Crippen LogP contribution is 2.14. The van der Waals surface area contributed by atoms with E-state index < -0.39 is 16.1 Å². The second-order valence-electron chi connectivity index (χ2n) is 3.02. The standard InChI is InChI=1S/C9H11BrN2O4S/c10-7-1-3-8(4-2-7)17(14,15)12-5-6-16-9(11)13/h1-4,12H,5-6H2,(H2,11,13). The second kappa shape index (κ2) is 5.99. The number of sulfonamides is 1. The molecule has 0 fully saturated rings. The Labute approximate surface area is 107 Å². The summed E-state index contributed by atoms with van der Waals surface area (Å²) in [6, 6.07) is 6.16. The highest BCUT2D eigenvalue weighted by molar-refractivity contribution is 9.10. The van der Waals surface area contributed by atoms with Crippen LogP contribution in [0.25, 0.3) is 0 Å². The summed E-state index contributed by atoms with van der Waals surface area (Å²) in [5.41, 5.74) is 4.73. The van der Waals surface area contributed by atoms with Gasteiger partial charge < -0.3 is 10.5 Å². The number of carbonyl (C=O) groups excluding carboxylic acids is 1. The molecule has 94 valence electrons. The molecule has 1 aromatic carbocycles. The molecule has 3 N–H and O–H groups in total. The molecule has 0 radical (unpaired) electrons. The Bertz CT molecular complexity index is 486. The van der Waals surface area contributed by atoms with E-state index in [1.807, 2.05) is 0 Å². The highest BCUT2D eigenvalue weighted by Gasteiger charge is 2.12. The van der Waals surface area contributed by atoms with Crippen molar-refractivity contribution in [3.8, 4) is 0 Å². The van der Waals surface area contributed by atoms with Gasteiger partial charge in [0.2, 0.25) is 10.0 Å². The van der Waals surface area contributed by atoms with Crippen molar-refractivity contribution in [2.75, 3.05) is 13.2 Å². The fraction of sp³-hybridized carbons (Fsp3) is 0.222. The van der Waals surface area contributed by atoms with E-state index in [1.165, 1.54) is 12.1 Å². The first-order chi connectivity index (χ1) is 7.92. The Morgan fingerprint density at radius 3 is 2.47 bits per heavy atom. The van der Waals surface area contributed by atoms with Crippen molar-refractivity contribution in [2.45, 2.75) is 4.90 Å². The van der Waals surface area contributed by atoms with Crippen LogP contribution in [-0.4, -0.2) is 27.7 Å². The summed E-state index contributed by atoms with van der Waals surface area (Å²) < 4.78 is 30.8. The number of amides is 1. The molecule has 1 aromatic rings. The van der Waals surface area contributed by atoms with Crippen molar-refractivity contribution < 1.29 is 17.9 Å². The van der Waals surface area contributed by atoms with Crippen molar-refractivity contribution in [1.82, 2.24) is 4.72 Å². The Kier molecular flexibility index (Phi) is 4.91. The zero-order valence-electron chi connectivity index (χ0n) is 8.72. The molecule has 0 aliphatic carbocycles. The third-order valence-corrected chi connectivity index (χ3v) is 3.77. The number of nitrogens with one attached hydrogen (secondary N) is 1. The Hall–Kier alpha value is -1.12. The van der Waals surface area contributed by atoms with Gasteiger partial charge in [-0.15, -0.1) is 0 Å². The first-order valence-electron chi connectivity index (χ1n) is 4.59. The molecule has 0 bridgehead atoms. The fourth-order valence-electron chi connectivity index (χ4n) is 1.02. The van der Waals surface area contributed by atoms with Crippen molar-refractivity contribution in [2.24, 2.45) is 5.73 Å². The first kappa shape index (κ1) is 13.9. The molecule has 0 saturated carbocycles. The molecule has 0 unspecified atom stereocenters. The Morgan fingerprint density at radius 2 is 1.94 bits per heavy atom. The molecular weight excluding hydrogens is 312 g/mol. The smallest absolute Gasteiger partial charge is 0.404 e. The molecule has 0 aliphatic heterocycles.